The molecular weight excluding hydrogens is 302 g/mol. The molecule has 6 heteroatoms. The molecule has 0 spiro atoms. The van der Waals surface area contributed by atoms with E-state index in [0.29, 0.717) is 12.2 Å². The number of thioether (sulfide) groups is 1. The highest BCUT2D eigenvalue weighted by Gasteiger charge is 2.25. The molecule has 0 aromatic heterocycles. The highest BCUT2D eigenvalue weighted by molar-refractivity contribution is 7.98. The molecule has 0 aliphatic rings. The monoisotopic (exact) mass is 325 g/mol. The molecule has 0 bridgehead atoms. The van der Waals surface area contributed by atoms with Crippen LogP contribution < -0.4 is 10.1 Å². The van der Waals surface area contributed by atoms with E-state index in [1.165, 1.54) is 0 Å². The molecule has 1 amide bonds. The third-order valence-corrected chi connectivity index (χ3v) is 3.91. The van der Waals surface area contributed by atoms with Crippen molar-refractivity contribution in [3.63, 3.8) is 0 Å². The first-order valence-corrected chi connectivity index (χ1v) is 8.30. The van der Waals surface area contributed by atoms with Crippen LogP contribution >= 0.6 is 11.8 Å². The number of aliphatic carboxylic acids is 1. The Labute approximate surface area is 135 Å². The summed E-state index contributed by atoms with van der Waals surface area (Å²) in [5.74, 6) is -0.506. The van der Waals surface area contributed by atoms with Gasteiger partial charge in [0.15, 0.2) is 6.10 Å². The van der Waals surface area contributed by atoms with Gasteiger partial charge in [-0.25, -0.2) is 0 Å². The standard InChI is InChI=1S/C16H23NO4S/c1-11(21-12-5-7-13(22-4)8-6-12)15(20)17-16(2,3)10-9-14(18)19/h5-8,11H,9-10H2,1-4H3,(H,17,20)(H,18,19). The predicted octanol–water partition coefficient (Wildman–Crippen LogP) is 2.94. The van der Waals surface area contributed by atoms with Gasteiger partial charge >= 0.3 is 5.97 Å². The van der Waals surface area contributed by atoms with Gasteiger partial charge in [0.05, 0.1) is 0 Å². The van der Waals surface area contributed by atoms with E-state index in [1.807, 2.05) is 30.5 Å². The first kappa shape index (κ1) is 18.4. The Morgan fingerprint density at radius 1 is 1.32 bits per heavy atom. The van der Waals surface area contributed by atoms with E-state index < -0.39 is 17.6 Å². The Bertz CT molecular complexity index is 513. The molecular formula is C16H23NO4S. The van der Waals surface area contributed by atoms with Gasteiger partial charge in [-0.1, -0.05) is 0 Å². The second-order valence-corrected chi connectivity index (χ2v) is 6.58. The van der Waals surface area contributed by atoms with Crippen LogP contribution in [0.5, 0.6) is 5.75 Å². The lowest BCUT2D eigenvalue weighted by Gasteiger charge is -2.27. The molecule has 0 heterocycles. The van der Waals surface area contributed by atoms with Crippen LogP contribution in [0.3, 0.4) is 0 Å². The topological polar surface area (TPSA) is 75.6 Å². The Hall–Kier alpha value is -1.69. The molecule has 1 aromatic rings. The Balaban J connectivity index is 2.54. The number of benzene rings is 1. The highest BCUT2D eigenvalue weighted by Crippen LogP contribution is 2.20. The molecule has 5 nitrogen and oxygen atoms in total. The minimum absolute atomic E-state index is 0.0126. The van der Waals surface area contributed by atoms with Crippen molar-refractivity contribution in [2.75, 3.05) is 6.26 Å². The highest BCUT2D eigenvalue weighted by atomic mass is 32.2. The van der Waals surface area contributed by atoms with Gasteiger partial charge in [-0.3, -0.25) is 9.59 Å². The minimum atomic E-state index is -0.875. The van der Waals surface area contributed by atoms with Gasteiger partial charge in [0.2, 0.25) is 0 Å². The van der Waals surface area contributed by atoms with Crippen LogP contribution in [0.4, 0.5) is 0 Å². The van der Waals surface area contributed by atoms with E-state index in [0.717, 1.165) is 4.90 Å². The van der Waals surface area contributed by atoms with Crippen molar-refractivity contribution in [1.82, 2.24) is 5.32 Å². The summed E-state index contributed by atoms with van der Waals surface area (Å²) in [5, 5.41) is 11.5. The number of carboxylic acids is 1. The number of hydrogen-bond donors (Lipinski definition) is 2. The van der Waals surface area contributed by atoms with Crippen LogP contribution in [-0.4, -0.2) is 34.9 Å². The van der Waals surface area contributed by atoms with E-state index >= 15 is 0 Å². The first-order valence-electron chi connectivity index (χ1n) is 7.08. The van der Waals surface area contributed by atoms with Crippen molar-refractivity contribution in [3.05, 3.63) is 24.3 Å². The molecule has 0 aliphatic carbocycles. The fourth-order valence-electron chi connectivity index (χ4n) is 1.83. The van der Waals surface area contributed by atoms with Crippen molar-refractivity contribution < 1.29 is 19.4 Å². The normalized spacial score (nSPS) is 12.5. The Morgan fingerprint density at radius 2 is 1.91 bits per heavy atom. The Morgan fingerprint density at radius 3 is 2.41 bits per heavy atom. The number of hydrogen-bond acceptors (Lipinski definition) is 4. The summed E-state index contributed by atoms with van der Waals surface area (Å²) in [5.41, 5.74) is -0.587. The van der Waals surface area contributed by atoms with Gasteiger partial charge in [0.25, 0.3) is 5.91 Å². The van der Waals surface area contributed by atoms with Crippen LogP contribution in [-0.2, 0) is 9.59 Å². The van der Waals surface area contributed by atoms with Gasteiger partial charge in [-0.05, 0) is 57.7 Å². The van der Waals surface area contributed by atoms with Crippen molar-refractivity contribution in [2.45, 2.75) is 50.2 Å². The number of amides is 1. The quantitative estimate of drug-likeness (QED) is 0.719. The molecule has 1 rings (SSSR count). The molecule has 122 valence electrons. The number of carboxylic acid groups (broad SMARTS) is 1. The molecule has 0 radical (unpaired) electrons. The third-order valence-electron chi connectivity index (χ3n) is 3.17. The number of carbonyl (C=O) groups excluding carboxylic acids is 1. The van der Waals surface area contributed by atoms with Crippen molar-refractivity contribution in [2.24, 2.45) is 0 Å². The number of carbonyl (C=O) groups is 2. The van der Waals surface area contributed by atoms with Gasteiger partial charge in [0.1, 0.15) is 5.75 Å². The fourth-order valence-corrected chi connectivity index (χ4v) is 2.24. The summed E-state index contributed by atoms with van der Waals surface area (Å²) in [6, 6.07) is 7.51. The lowest BCUT2D eigenvalue weighted by molar-refractivity contribution is -0.138. The molecule has 0 saturated carbocycles. The summed E-state index contributed by atoms with van der Waals surface area (Å²) >= 11 is 1.64. The third kappa shape index (κ3) is 6.39. The number of nitrogens with one attached hydrogen (secondary N) is 1. The maximum absolute atomic E-state index is 12.1. The van der Waals surface area contributed by atoms with E-state index in [-0.39, 0.29) is 12.3 Å². The molecule has 0 aliphatic heterocycles. The zero-order valence-electron chi connectivity index (χ0n) is 13.4. The smallest absolute Gasteiger partial charge is 0.303 e. The molecule has 1 atom stereocenters. The Kier molecular flexibility index (Phi) is 6.74. The average molecular weight is 325 g/mol. The van der Waals surface area contributed by atoms with Crippen LogP contribution in [0.15, 0.2) is 29.2 Å². The maximum atomic E-state index is 12.1. The van der Waals surface area contributed by atoms with Crippen LogP contribution in [0.1, 0.15) is 33.6 Å². The molecule has 0 saturated heterocycles. The second-order valence-electron chi connectivity index (χ2n) is 5.70. The number of ether oxygens (including phenoxy) is 1. The lowest BCUT2D eigenvalue weighted by Crippen LogP contribution is -2.48. The second kappa shape index (κ2) is 8.08. The zero-order chi connectivity index (χ0) is 16.8. The average Bonchev–Trinajstić information content (AvgIpc) is 2.45. The van der Waals surface area contributed by atoms with Gasteiger partial charge < -0.3 is 15.2 Å². The minimum Gasteiger partial charge on any atom is -0.481 e. The van der Waals surface area contributed by atoms with Crippen molar-refractivity contribution >= 4 is 23.6 Å². The summed E-state index contributed by atoms with van der Waals surface area (Å²) in [6.45, 7) is 5.27. The van der Waals surface area contributed by atoms with E-state index in [1.54, 1.807) is 32.5 Å². The van der Waals surface area contributed by atoms with Gasteiger partial charge in [-0.15, -0.1) is 11.8 Å². The van der Waals surface area contributed by atoms with Crippen LogP contribution in [0.2, 0.25) is 0 Å². The fraction of sp³-hybridized carbons (Fsp3) is 0.500. The SMILES string of the molecule is CSc1ccc(OC(C)C(=O)NC(C)(C)CCC(=O)O)cc1. The maximum Gasteiger partial charge on any atom is 0.303 e. The number of rotatable bonds is 8. The lowest BCUT2D eigenvalue weighted by atomic mass is 9.98. The summed E-state index contributed by atoms with van der Waals surface area (Å²) < 4.78 is 5.61. The van der Waals surface area contributed by atoms with E-state index in [9.17, 15) is 9.59 Å². The van der Waals surface area contributed by atoms with Gasteiger partial charge in [-0.2, -0.15) is 0 Å². The molecule has 1 aromatic carbocycles. The van der Waals surface area contributed by atoms with Crippen LogP contribution in [0, 0.1) is 0 Å². The predicted molar refractivity (Wildman–Crippen MR) is 87.4 cm³/mol. The molecule has 0 fully saturated rings. The largest absolute Gasteiger partial charge is 0.481 e. The van der Waals surface area contributed by atoms with Gasteiger partial charge in [0, 0.05) is 16.9 Å². The molecule has 2 N–H and O–H groups in total. The van der Waals surface area contributed by atoms with Crippen molar-refractivity contribution in [1.29, 1.82) is 0 Å². The zero-order valence-corrected chi connectivity index (χ0v) is 14.2. The van der Waals surface area contributed by atoms with E-state index in [4.69, 9.17) is 9.84 Å². The molecule has 1 unspecified atom stereocenters. The van der Waals surface area contributed by atoms with Crippen molar-refractivity contribution in [3.8, 4) is 5.75 Å². The summed E-state index contributed by atoms with van der Waals surface area (Å²) in [6.07, 6.45) is 1.72. The molecule has 22 heavy (non-hydrogen) atoms. The summed E-state index contributed by atoms with van der Waals surface area (Å²) in [4.78, 5) is 23.9. The van der Waals surface area contributed by atoms with E-state index in [2.05, 4.69) is 5.32 Å². The van der Waals surface area contributed by atoms with Crippen LogP contribution in [0.25, 0.3) is 0 Å². The summed E-state index contributed by atoms with van der Waals surface area (Å²) in [7, 11) is 0. The first-order chi connectivity index (χ1) is 10.2.